The number of benzene rings is 7. The molecule has 0 unspecified atom stereocenters. The van der Waals surface area contributed by atoms with Crippen molar-refractivity contribution in [2.24, 2.45) is 4.99 Å². The molecule has 0 aliphatic heterocycles. The van der Waals surface area contributed by atoms with Crippen LogP contribution in [0.15, 0.2) is 169 Å². The first-order valence-corrected chi connectivity index (χ1v) is 21.1. The summed E-state index contributed by atoms with van der Waals surface area (Å²) in [5.41, 5.74) is 4.28. The Morgan fingerprint density at radius 1 is 0.604 bits per heavy atom. The van der Waals surface area contributed by atoms with E-state index in [1.807, 2.05) is 36.4 Å². The van der Waals surface area contributed by atoms with Crippen LogP contribution >= 0.6 is 53.1 Å². The number of nitrogens with zero attached hydrogens (tertiary/aromatic N) is 1. The largest absolute Gasteiger partial charge is 0.506 e. The Bertz CT molecular complexity index is 2010. The Morgan fingerprint density at radius 2 is 1.08 bits per heavy atom. The molecule has 7 rings (SSSR count). The van der Waals surface area contributed by atoms with Crippen LogP contribution in [-0.2, 0) is 16.5 Å². The molecule has 0 spiro atoms. The molecule has 0 fully saturated rings. The predicted octanol–water partition coefficient (Wildman–Crippen LogP) is 12.4. The molecular weight excluding hydrogens is 938 g/mol. The minimum absolute atomic E-state index is 0. The van der Waals surface area contributed by atoms with Crippen molar-refractivity contribution in [1.82, 2.24) is 0 Å². The molecule has 0 aliphatic carbocycles. The first-order valence-electron chi connectivity index (χ1n) is 17.5. The van der Waals surface area contributed by atoms with Crippen LogP contribution in [0.5, 0.6) is 5.75 Å². The average Bonchev–Trinajstić information content (AvgIpc) is 3.17. The van der Waals surface area contributed by atoms with E-state index in [9.17, 15) is 5.11 Å². The average molecular weight is 982 g/mol. The molecule has 2 nitrogen and oxygen atoms in total. The predicted molar refractivity (Wildman–Crippen MR) is 245 cm³/mol. The molecule has 0 saturated carbocycles. The van der Waals surface area contributed by atoms with E-state index in [2.05, 4.69) is 206 Å². The van der Waals surface area contributed by atoms with Crippen molar-refractivity contribution in [3.05, 3.63) is 194 Å². The van der Waals surface area contributed by atoms with Gasteiger partial charge in [-0.15, -0.1) is 47.2 Å². The summed E-state index contributed by atoms with van der Waals surface area (Å²) < 4.78 is 1.93. The molecular formula is C47H44I2NNiOP. The van der Waals surface area contributed by atoms with Crippen molar-refractivity contribution in [3.63, 3.8) is 0 Å². The van der Waals surface area contributed by atoms with Crippen molar-refractivity contribution in [2.45, 2.75) is 39.5 Å². The summed E-state index contributed by atoms with van der Waals surface area (Å²) in [6.45, 7) is 8.74. The summed E-state index contributed by atoms with van der Waals surface area (Å²) >= 11 is 4.41. The van der Waals surface area contributed by atoms with Crippen LogP contribution in [0.4, 0.5) is 5.69 Å². The fourth-order valence-corrected chi connectivity index (χ4v) is 10.3. The van der Waals surface area contributed by atoms with Crippen molar-refractivity contribution in [2.75, 3.05) is 0 Å². The summed E-state index contributed by atoms with van der Waals surface area (Å²) in [5, 5.41) is 17.0. The summed E-state index contributed by atoms with van der Waals surface area (Å²) in [5.74, 6) is 1.11. The van der Waals surface area contributed by atoms with Crippen molar-refractivity contribution in [1.29, 1.82) is 0 Å². The van der Waals surface area contributed by atoms with E-state index in [-0.39, 0.29) is 16.5 Å². The smallest absolute Gasteiger partial charge is 0.137 e. The van der Waals surface area contributed by atoms with Crippen LogP contribution in [0.25, 0.3) is 10.8 Å². The summed E-state index contributed by atoms with van der Waals surface area (Å²) in [6.07, 6.45) is 1.78. The van der Waals surface area contributed by atoms with Crippen molar-refractivity contribution >= 4 is 91.7 Å². The maximum Gasteiger partial charge on any atom is 0.137 e. The zero-order valence-electron chi connectivity index (χ0n) is 30.3. The monoisotopic (exact) mass is 981 g/mol. The number of aromatic hydroxyl groups is 1. The second-order valence-electron chi connectivity index (χ2n) is 12.9. The van der Waals surface area contributed by atoms with Gasteiger partial charge in [0, 0.05) is 31.8 Å². The third kappa shape index (κ3) is 12.1. The Morgan fingerprint density at radius 3 is 1.57 bits per heavy atom. The van der Waals surface area contributed by atoms with E-state index in [1.165, 1.54) is 37.8 Å². The Balaban J connectivity index is 0.000000187. The van der Waals surface area contributed by atoms with E-state index >= 15 is 0 Å². The van der Waals surface area contributed by atoms with Gasteiger partial charge in [-0.05, 0) is 117 Å². The van der Waals surface area contributed by atoms with Crippen LogP contribution in [0.1, 0.15) is 56.2 Å². The zero-order chi connectivity index (χ0) is 36.9. The third-order valence-corrected chi connectivity index (χ3v) is 12.7. The third-order valence-electron chi connectivity index (χ3n) is 8.49. The van der Waals surface area contributed by atoms with Gasteiger partial charge < -0.3 is 5.11 Å². The number of halogens is 2. The second kappa shape index (κ2) is 21.5. The maximum absolute atomic E-state index is 10.3. The fraction of sp³-hybridized carbons (Fsp3) is 0.128. The van der Waals surface area contributed by atoms with Crippen molar-refractivity contribution < 1.29 is 21.6 Å². The quantitative estimate of drug-likeness (QED) is 0.0558. The molecule has 0 atom stereocenters. The molecule has 0 aromatic heterocycles. The zero-order valence-corrected chi connectivity index (χ0v) is 36.6. The van der Waals surface area contributed by atoms with Gasteiger partial charge in [-0.25, -0.2) is 0 Å². The Kier molecular flexibility index (Phi) is 17.2. The SMILES string of the molecule is CC(C)c1cccc(C(C)C)c1N=Cc1cc(I)cc(I)c1O.[Ni].[c-]1cccc2ccccc12.c1ccc([PH+](c2ccccc2)c2ccccc2)cc1. The van der Waals surface area contributed by atoms with Crippen LogP contribution in [-0.4, -0.2) is 11.3 Å². The molecule has 0 amide bonds. The molecule has 0 aliphatic rings. The molecule has 1 N–H and O–H groups in total. The minimum atomic E-state index is -0.877. The minimum Gasteiger partial charge on any atom is -0.506 e. The van der Waals surface area contributed by atoms with Gasteiger partial charge in [-0.1, -0.05) is 113 Å². The molecule has 272 valence electrons. The number of phenolic OH excluding ortho intramolecular Hbond substituents is 1. The fourth-order valence-electron chi connectivity index (χ4n) is 5.86. The molecule has 7 aromatic carbocycles. The van der Waals surface area contributed by atoms with Crippen LogP contribution < -0.4 is 15.9 Å². The molecule has 6 heteroatoms. The van der Waals surface area contributed by atoms with Gasteiger partial charge in [0.25, 0.3) is 0 Å². The van der Waals surface area contributed by atoms with Gasteiger partial charge in [-0.3, -0.25) is 4.99 Å². The summed E-state index contributed by atoms with van der Waals surface area (Å²) in [7, 11) is -0.877. The van der Waals surface area contributed by atoms with E-state index in [1.54, 1.807) is 6.21 Å². The van der Waals surface area contributed by atoms with E-state index < -0.39 is 7.92 Å². The molecule has 0 bridgehead atoms. The molecule has 0 radical (unpaired) electrons. The summed E-state index contributed by atoms with van der Waals surface area (Å²) in [6, 6.07) is 60.2. The number of rotatable bonds is 7. The first-order chi connectivity index (χ1) is 25.2. The Labute approximate surface area is 354 Å². The van der Waals surface area contributed by atoms with Gasteiger partial charge in [-0.2, -0.15) is 0 Å². The van der Waals surface area contributed by atoms with Gasteiger partial charge in [0.2, 0.25) is 0 Å². The van der Waals surface area contributed by atoms with Gasteiger partial charge in [0.05, 0.1) is 17.2 Å². The molecule has 0 heterocycles. The van der Waals surface area contributed by atoms with E-state index in [4.69, 9.17) is 4.99 Å². The number of phenols is 1. The van der Waals surface area contributed by atoms with Gasteiger partial charge in [0.15, 0.2) is 0 Å². The number of fused-ring (bicyclic) bond motifs is 1. The van der Waals surface area contributed by atoms with Crippen LogP contribution in [0.2, 0.25) is 0 Å². The van der Waals surface area contributed by atoms with Crippen LogP contribution in [0, 0.1) is 13.2 Å². The first kappa shape index (κ1) is 42.4. The number of para-hydroxylation sites is 1. The number of aliphatic imine (C=N–C) groups is 1. The summed E-state index contributed by atoms with van der Waals surface area (Å²) in [4.78, 5) is 4.77. The van der Waals surface area contributed by atoms with E-state index in [0.717, 1.165) is 18.4 Å². The normalized spacial score (nSPS) is 10.8. The topological polar surface area (TPSA) is 32.6 Å². The van der Waals surface area contributed by atoms with E-state index in [0.29, 0.717) is 17.6 Å². The molecule has 53 heavy (non-hydrogen) atoms. The molecule has 0 saturated heterocycles. The number of hydrogen-bond donors (Lipinski definition) is 1. The Hall–Kier alpha value is -3.35. The molecule has 7 aromatic rings. The van der Waals surface area contributed by atoms with Crippen LogP contribution in [0.3, 0.4) is 0 Å². The number of hydrogen-bond acceptors (Lipinski definition) is 2. The van der Waals surface area contributed by atoms with Gasteiger partial charge >= 0.3 is 0 Å². The second-order valence-corrected chi connectivity index (χ2v) is 17.8. The van der Waals surface area contributed by atoms with Gasteiger partial charge in [0.1, 0.15) is 21.7 Å². The standard InChI is InChI=1S/C19H21I2NO.C18H15P.C10H7.Ni/c1-11(2)15-6-5-7-16(12(3)4)18(15)22-10-13-8-14(20)9-17(21)19(13)23;1-4-10-16(11-5-1)19(17-12-6-2-7-13-17)18-14-8-3-9-15-18;1-2-6-10-8-4-3-7-9(10)5-1;/h5-12,23H,1-4H3;1-15H;1-7H;/q;;-1;/p+1. The van der Waals surface area contributed by atoms with Crippen molar-refractivity contribution in [3.8, 4) is 5.75 Å². The maximum atomic E-state index is 10.3.